The maximum absolute atomic E-state index is 14.1. The smallest absolute Gasteiger partial charge is 0.269 e. The van der Waals surface area contributed by atoms with Gasteiger partial charge >= 0.3 is 0 Å². The lowest BCUT2D eigenvalue weighted by Gasteiger charge is -2.33. The second-order valence-electron chi connectivity index (χ2n) is 8.78. The van der Waals surface area contributed by atoms with E-state index in [4.69, 9.17) is 0 Å². The summed E-state index contributed by atoms with van der Waals surface area (Å²) in [5.41, 5.74) is 5.78. The Hall–Kier alpha value is -3.58. The third kappa shape index (κ3) is 3.47. The zero-order valence-electron chi connectivity index (χ0n) is 19.3. The van der Waals surface area contributed by atoms with E-state index < -0.39 is 4.87 Å². The van der Waals surface area contributed by atoms with Crippen molar-refractivity contribution in [2.75, 3.05) is 27.4 Å². The number of thioether (sulfide) groups is 1. The van der Waals surface area contributed by atoms with Gasteiger partial charge in [-0.05, 0) is 61.7 Å². The monoisotopic (exact) mass is 471 g/mol. The van der Waals surface area contributed by atoms with Gasteiger partial charge in [0.15, 0.2) is 0 Å². The van der Waals surface area contributed by atoms with Gasteiger partial charge in [-0.25, -0.2) is 0 Å². The number of anilines is 3. The molecule has 1 unspecified atom stereocenters. The number of rotatable bonds is 4. The molecule has 2 aliphatic heterocycles. The van der Waals surface area contributed by atoms with Crippen LogP contribution in [0.4, 0.5) is 17.1 Å². The van der Waals surface area contributed by atoms with Crippen molar-refractivity contribution in [3.05, 3.63) is 89.0 Å². The fourth-order valence-electron chi connectivity index (χ4n) is 4.84. The molecule has 0 aliphatic carbocycles. The molecule has 1 spiro atoms. The van der Waals surface area contributed by atoms with Gasteiger partial charge in [-0.15, -0.1) is 11.8 Å². The molecule has 2 aliphatic rings. The minimum Gasteiger partial charge on any atom is -0.324 e. The third-order valence-corrected chi connectivity index (χ3v) is 7.64. The molecule has 2 heterocycles. The molecule has 0 saturated carbocycles. The molecule has 7 heteroatoms. The normalized spacial score (nSPS) is 19.1. The van der Waals surface area contributed by atoms with Gasteiger partial charge in [-0.3, -0.25) is 24.2 Å². The lowest BCUT2D eigenvalue weighted by atomic mass is 10.0. The molecule has 34 heavy (non-hydrogen) atoms. The number of amides is 3. The van der Waals surface area contributed by atoms with Crippen LogP contribution >= 0.6 is 11.8 Å². The summed E-state index contributed by atoms with van der Waals surface area (Å²) in [4.78, 5) is 42.1. The average molecular weight is 472 g/mol. The van der Waals surface area contributed by atoms with E-state index in [0.717, 1.165) is 22.3 Å². The zero-order valence-corrected chi connectivity index (χ0v) is 20.1. The van der Waals surface area contributed by atoms with E-state index in [2.05, 4.69) is 5.32 Å². The molecular weight excluding hydrogens is 446 g/mol. The van der Waals surface area contributed by atoms with Crippen molar-refractivity contribution in [1.82, 2.24) is 0 Å². The molecule has 0 bridgehead atoms. The highest BCUT2D eigenvalue weighted by atomic mass is 32.2. The first-order valence-corrected chi connectivity index (χ1v) is 12.1. The van der Waals surface area contributed by atoms with Gasteiger partial charge in [0, 0.05) is 16.9 Å². The summed E-state index contributed by atoms with van der Waals surface area (Å²) in [6, 6.07) is 20.9. The van der Waals surface area contributed by atoms with Crippen LogP contribution in [0.2, 0.25) is 0 Å². The Morgan fingerprint density at radius 2 is 1.65 bits per heavy atom. The number of carbonyl (C=O) groups excluding carboxylic acids is 3. The molecular formula is C27H25N3O3S. The molecule has 0 radical (unpaired) electrons. The number of benzene rings is 3. The lowest BCUT2D eigenvalue weighted by molar-refractivity contribution is -0.124. The molecule has 1 fully saturated rings. The first-order chi connectivity index (χ1) is 16.3. The summed E-state index contributed by atoms with van der Waals surface area (Å²) < 4.78 is 0. The van der Waals surface area contributed by atoms with Gasteiger partial charge in [0.2, 0.25) is 16.7 Å². The Morgan fingerprint density at radius 1 is 0.971 bits per heavy atom. The highest BCUT2D eigenvalue weighted by Gasteiger charge is 2.61. The Labute approximate surface area is 202 Å². The number of para-hydroxylation sites is 2. The van der Waals surface area contributed by atoms with Crippen molar-refractivity contribution >= 4 is 46.5 Å². The molecule has 172 valence electrons. The molecule has 3 aromatic carbocycles. The number of nitrogens with zero attached hydrogens (tertiary/aromatic N) is 2. The summed E-state index contributed by atoms with van der Waals surface area (Å²) in [6.45, 7) is 5.73. The van der Waals surface area contributed by atoms with Crippen molar-refractivity contribution in [3.63, 3.8) is 0 Å². The van der Waals surface area contributed by atoms with E-state index in [1.165, 1.54) is 16.7 Å². The van der Waals surface area contributed by atoms with Gasteiger partial charge in [0.1, 0.15) is 6.54 Å². The third-order valence-electron chi connectivity index (χ3n) is 6.25. The minimum absolute atomic E-state index is 0.121. The van der Waals surface area contributed by atoms with Gasteiger partial charge in [0.25, 0.3) is 5.91 Å². The SMILES string of the molecule is Cc1cc(C)cc(N2C(=O)CSC23C(=O)N(CC(=O)Nc2ccccc2C)c2ccccc23)c1. The maximum atomic E-state index is 14.1. The number of hydrogen-bond acceptors (Lipinski definition) is 4. The number of aryl methyl sites for hydroxylation is 3. The summed E-state index contributed by atoms with van der Waals surface area (Å²) >= 11 is 1.32. The van der Waals surface area contributed by atoms with Crippen LogP contribution in [0, 0.1) is 20.8 Å². The largest absolute Gasteiger partial charge is 0.324 e. The standard InChI is InChI=1S/C27H25N3O3S/c1-17-12-18(2)14-20(13-17)30-25(32)16-34-27(30)21-9-5-7-11-23(21)29(26(27)33)15-24(31)28-22-10-6-4-8-19(22)3/h4-14H,15-16H2,1-3H3,(H,28,31). The minimum atomic E-state index is -1.23. The van der Waals surface area contributed by atoms with Crippen molar-refractivity contribution in [2.45, 2.75) is 25.6 Å². The van der Waals surface area contributed by atoms with E-state index in [1.807, 2.05) is 87.5 Å². The van der Waals surface area contributed by atoms with Crippen molar-refractivity contribution in [2.24, 2.45) is 0 Å². The van der Waals surface area contributed by atoms with Crippen LogP contribution in [0.25, 0.3) is 0 Å². The summed E-state index contributed by atoms with van der Waals surface area (Å²) in [6.07, 6.45) is 0. The van der Waals surface area contributed by atoms with E-state index >= 15 is 0 Å². The molecule has 5 rings (SSSR count). The lowest BCUT2D eigenvalue weighted by Crippen LogP contribution is -2.51. The summed E-state index contributed by atoms with van der Waals surface area (Å²) in [7, 11) is 0. The van der Waals surface area contributed by atoms with E-state index in [9.17, 15) is 14.4 Å². The van der Waals surface area contributed by atoms with E-state index in [1.54, 1.807) is 4.90 Å². The highest BCUT2D eigenvalue weighted by molar-refractivity contribution is 8.02. The molecule has 1 N–H and O–H groups in total. The number of fused-ring (bicyclic) bond motifs is 2. The zero-order chi connectivity index (χ0) is 24.0. The number of carbonyl (C=O) groups is 3. The van der Waals surface area contributed by atoms with Crippen LogP contribution in [-0.4, -0.2) is 30.0 Å². The van der Waals surface area contributed by atoms with Gasteiger partial charge in [-0.1, -0.05) is 42.5 Å². The fraction of sp³-hybridized carbons (Fsp3) is 0.222. The Bertz CT molecular complexity index is 1320. The summed E-state index contributed by atoms with van der Waals surface area (Å²) in [5.74, 6) is -0.495. The van der Waals surface area contributed by atoms with Gasteiger partial charge < -0.3 is 5.32 Å². The van der Waals surface area contributed by atoms with Crippen molar-refractivity contribution in [1.29, 1.82) is 0 Å². The highest BCUT2D eigenvalue weighted by Crippen LogP contribution is 2.55. The van der Waals surface area contributed by atoms with Crippen LogP contribution in [0.15, 0.2) is 66.7 Å². The predicted octanol–water partition coefficient (Wildman–Crippen LogP) is 4.53. The first kappa shape index (κ1) is 22.2. The second kappa shape index (κ2) is 8.33. The Balaban J connectivity index is 1.54. The maximum Gasteiger partial charge on any atom is 0.269 e. The van der Waals surface area contributed by atoms with Crippen LogP contribution in [0.3, 0.4) is 0 Å². The van der Waals surface area contributed by atoms with E-state index in [-0.39, 0.29) is 30.0 Å². The number of nitrogens with one attached hydrogen (secondary N) is 1. The molecule has 6 nitrogen and oxygen atoms in total. The molecule has 3 aromatic rings. The second-order valence-corrected chi connectivity index (χ2v) is 9.95. The predicted molar refractivity (Wildman–Crippen MR) is 136 cm³/mol. The van der Waals surface area contributed by atoms with E-state index in [0.29, 0.717) is 17.1 Å². The quantitative estimate of drug-likeness (QED) is 0.607. The fourth-order valence-corrected chi connectivity index (χ4v) is 6.20. The van der Waals surface area contributed by atoms with Gasteiger partial charge in [-0.2, -0.15) is 0 Å². The van der Waals surface area contributed by atoms with Gasteiger partial charge in [0.05, 0.1) is 11.4 Å². The van der Waals surface area contributed by atoms with Crippen LogP contribution < -0.4 is 15.1 Å². The molecule has 3 amide bonds. The number of hydrogen-bond donors (Lipinski definition) is 1. The van der Waals surface area contributed by atoms with Crippen molar-refractivity contribution in [3.8, 4) is 0 Å². The topological polar surface area (TPSA) is 69.7 Å². The molecule has 0 aromatic heterocycles. The Kier molecular flexibility index (Phi) is 5.44. The molecule has 1 atom stereocenters. The average Bonchev–Trinajstić information content (AvgIpc) is 3.26. The van der Waals surface area contributed by atoms with Crippen molar-refractivity contribution < 1.29 is 14.4 Å². The van der Waals surface area contributed by atoms with Crippen LogP contribution in [0.1, 0.15) is 22.3 Å². The van der Waals surface area contributed by atoms with Crippen LogP contribution in [0.5, 0.6) is 0 Å². The first-order valence-electron chi connectivity index (χ1n) is 11.1. The van der Waals surface area contributed by atoms with Crippen LogP contribution in [-0.2, 0) is 19.3 Å². The molecule has 1 saturated heterocycles. The summed E-state index contributed by atoms with van der Waals surface area (Å²) in [5, 5.41) is 2.91. The Morgan fingerprint density at radius 3 is 2.38 bits per heavy atom.